The van der Waals surface area contributed by atoms with Gasteiger partial charge in [0.25, 0.3) is 0 Å². The fraction of sp³-hybridized carbons (Fsp3) is 0.280. The second-order valence-corrected chi connectivity index (χ2v) is 7.74. The minimum atomic E-state index is -1.09. The Labute approximate surface area is 186 Å². The zero-order valence-electron chi connectivity index (χ0n) is 18.3. The first-order valence-electron chi connectivity index (χ1n) is 10.2. The maximum absolute atomic E-state index is 14.4. The molecule has 0 saturated heterocycles. The molecule has 0 fully saturated rings. The van der Waals surface area contributed by atoms with E-state index in [0.29, 0.717) is 36.0 Å². The number of aliphatic carboxylic acids is 1. The first-order valence-corrected chi connectivity index (χ1v) is 10.2. The van der Waals surface area contributed by atoms with Crippen molar-refractivity contribution >= 4 is 5.97 Å². The van der Waals surface area contributed by atoms with E-state index in [1.165, 1.54) is 12.1 Å². The third-order valence-corrected chi connectivity index (χ3v) is 4.66. The third-order valence-electron chi connectivity index (χ3n) is 4.66. The van der Waals surface area contributed by atoms with Crippen molar-refractivity contribution in [2.45, 2.75) is 26.9 Å². The number of ether oxygens (including phenoxy) is 3. The summed E-state index contributed by atoms with van der Waals surface area (Å²) in [6, 6.07) is 13.6. The Morgan fingerprint density at radius 2 is 1.84 bits per heavy atom. The van der Waals surface area contributed by atoms with E-state index in [-0.39, 0.29) is 17.9 Å². The molecule has 0 radical (unpaired) electrons. The molecule has 0 saturated carbocycles. The predicted molar refractivity (Wildman–Crippen MR) is 119 cm³/mol. The molecule has 0 aliphatic carbocycles. The molecular formula is C25H26FNO5. The summed E-state index contributed by atoms with van der Waals surface area (Å²) in [5.41, 5.74) is 2.23. The van der Waals surface area contributed by atoms with Crippen molar-refractivity contribution in [1.29, 1.82) is 0 Å². The van der Waals surface area contributed by atoms with E-state index >= 15 is 0 Å². The van der Waals surface area contributed by atoms with Gasteiger partial charge in [-0.1, -0.05) is 38.1 Å². The normalized spacial score (nSPS) is 10.8. The first kappa shape index (κ1) is 23.1. The number of methoxy groups -OCH3 is 1. The van der Waals surface area contributed by atoms with Crippen LogP contribution in [0.15, 0.2) is 54.7 Å². The second kappa shape index (κ2) is 10.6. The molecule has 1 heterocycles. The number of benzene rings is 2. The van der Waals surface area contributed by atoms with Gasteiger partial charge in [-0.05, 0) is 40.8 Å². The van der Waals surface area contributed by atoms with Crippen molar-refractivity contribution < 1.29 is 28.5 Å². The van der Waals surface area contributed by atoms with Crippen LogP contribution in [0.4, 0.5) is 4.39 Å². The summed E-state index contributed by atoms with van der Waals surface area (Å²) in [6.45, 7) is 4.84. The smallest absolute Gasteiger partial charge is 0.307 e. The summed E-state index contributed by atoms with van der Waals surface area (Å²) >= 11 is 0. The van der Waals surface area contributed by atoms with E-state index < -0.39 is 11.8 Å². The molecule has 0 aliphatic heterocycles. The minimum Gasteiger partial charge on any atom is -0.497 e. The lowest BCUT2D eigenvalue weighted by atomic mass is 10.0. The summed E-state index contributed by atoms with van der Waals surface area (Å²) in [7, 11) is 1.61. The number of rotatable bonds is 10. The highest BCUT2D eigenvalue weighted by atomic mass is 19.1. The Kier molecular flexibility index (Phi) is 7.65. The van der Waals surface area contributed by atoms with Crippen LogP contribution in [-0.2, 0) is 17.8 Å². The van der Waals surface area contributed by atoms with Gasteiger partial charge in [0.15, 0.2) is 0 Å². The highest BCUT2D eigenvalue weighted by Crippen LogP contribution is 2.33. The van der Waals surface area contributed by atoms with Crippen LogP contribution in [0.3, 0.4) is 0 Å². The van der Waals surface area contributed by atoms with Gasteiger partial charge in [-0.15, -0.1) is 0 Å². The van der Waals surface area contributed by atoms with Crippen molar-refractivity contribution in [3.8, 4) is 28.5 Å². The van der Waals surface area contributed by atoms with Crippen LogP contribution in [0.2, 0.25) is 0 Å². The number of hydrogen-bond donors (Lipinski definition) is 1. The molecule has 0 atom stereocenters. The maximum atomic E-state index is 14.4. The lowest BCUT2D eigenvalue weighted by molar-refractivity contribution is -0.136. The molecule has 3 aromatic rings. The summed E-state index contributed by atoms with van der Waals surface area (Å²) < 4.78 is 31.4. The van der Waals surface area contributed by atoms with Gasteiger partial charge >= 0.3 is 5.97 Å². The molecule has 7 heteroatoms. The van der Waals surface area contributed by atoms with E-state index in [2.05, 4.69) is 4.98 Å². The number of pyridine rings is 1. The topological polar surface area (TPSA) is 77.9 Å². The summed E-state index contributed by atoms with van der Waals surface area (Å²) in [5, 5.41) is 8.92. The van der Waals surface area contributed by atoms with Gasteiger partial charge in [-0.25, -0.2) is 9.37 Å². The van der Waals surface area contributed by atoms with E-state index in [1.54, 1.807) is 25.4 Å². The number of nitrogens with zero attached hydrogens (tertiary/aromatic N) is 1. The largest absolute Gasteiger partial charge is 0.497 e. The van der Waals surface area contributed by atoms with E-state index in [0.717, 1.165) is 11.3 Å². The number of aromatic nitrogens is 1. The summed E-state index contributed by atoms with van der Waals surface area (Å²) in [6.07, 6.45) is 1.20. The van der Waals surface area contributed by atoms with Crippen molar-refractivity contribution in [2.24, 2.45) is 5.92 Å². The van der Waals surface area contributed by atoms with Gasteiger partial charge in [0.1, 0.15) is 23.9 Å². The fourth-order valence-corrected chi connectivity index (χ4v) is 2.99. The first-order chi connectivity index (χ1) is 15.4. The van der Waals surface area contributed by atoms with Crippen LogP contribution < -0.4 is 14.2 Å². The monoisotopic (exact) mass is 439 g/mol. The number of hydrogen-bond acceptors (Lipinski definition) is 5. The van der Waals surface area contributed by atoms with Crippen molar-refractivity contribution in [3.63, 3.8) is 0 Å². The Balaban J connectivity index is 1.84. The molecule has 0 spiro atoms. The second-order valence-electron chi connectivity index (χ2n) is 7.74. The zero-order valence-corrected chi connectivity index (χ0v) is 18.3. The Morgan fingerprint density at radius 3 is 2.47 bits per heavy atom. The molecule has 0 bridgehead atoms. The quantitative estimate of drug-likeness (QED) is 0.471. The van der Waals surface area contributed by atoms with Crippen LogP contribution in [0.25, 0.3) is 11.1 Å². The Morgan fingerprint density at radius 1 is 1.09 bits per heavy atom. The number of carboxylic acid groups (broad SMARTS) is 1. The molecule has 2 aromatic carbocycles. The van der Waals surface area contributed by atoms with E-state index in [9.17, 15) is 9.18 Å². The van der Waals surface area contributed by atoms with Crippen molar-refractivity contribution in [1.82, 2.24) is 4.98 Å². The maximum Gasteiger partial charge on any atom is 0.307 e. The van der Waals surface area contributed by atoms with E-state index in [1.807, 2.05) is 38.1 Å². The van der Waals surface area contributed by atoms with Gasteiger partial charge < -0.3 is 19.3 Å². The molecule has 0 aliphatic rings. The highest BCUT2D eigenvalue weighted by Gasteiger charge is 2.14. The van der Waals surface area contributed by atoms with Crippen molar-refractivity contribution in [3.05, 3.63) is 71.7 Å². The molecule has 1 N–H and O–H groups in total. The summed E-state index contributed by atoms with van der Waals surface area (Å²) in [4.78, 5) is 15.2. The highest BCUT2D eigenvalue weighted by molar-refractivity contribution is 5.73. The van der Waals surface area contributed by atoms with Gasteiger partial charge in [-0.2, -0.15) is 0 Å². The standard InChI is InChI=1S/C25H26FNO5/c1-16(2)14-31-23-12-24(32-15-17-4-8-20(30-3)9-5-17)27-13-21(23)18-6-7-19(11-25(28)29)22(26)10-18/h4-10,12-13,16H,11,14-15H2,1-3H3,(H,28,29). The SMILES string of the molecule is COc1ccc(COc2cc(OCC(C)C)c(-c3ccc(CC(=O)O)c(F)c3)cn2)cc1. The van der Waals surface area contributed by atoms with Crippen molar-refractivity contribution in [2.75, 3.05) is 13.7 Å². The zero-order chi connectivity index (χ0) is 23.1. The third kappa shape index (κ3) is 6.20. The minimum absolute atomic E-state index is 0.123. The van der Waals surface area contributed by atoms with Gasteiger partial charge in [0.05, 0.1) is 20.1 Å². The molecule has 0 unspecified atom stereocenters. The summed E-state index contributed by atoms with van der Waals surface area (Å²) in [5.74, 6) is 0.281. The number of carboxylic acids is 1. The molecule has 3 rings (SSSR count). The van der Waals surface area contributed by atoms with Gasteiger partial charge in [0.2, 0.25) is 5.88 Å². The average Bonchev–Trinajstić information content (AvgIpc) is 2.77. The van der Waals surface area contributed by atoms with Crippen LogP contribution in [0.1, 0.15) is 25.0 Å². The molecule has 6 nitrogen and oxygen atoms in total. The lowest BCUT2D eigenvalue weighted by Gasteiger charge is -2.15. The van der Waals surface area contributed by atoms with Crippen LogP contribution in [0.5, 0.6) is 17.4 Å². The molecule has 0 amide bonds. The molecule has 168 valence electrons. The molecule has 1 aromatic heterocycles. The van der Waals surface area contributed by atoms with Gasteiger partial charge in [0, 0.05) is 17.8 Å². The van der Waals surface area contributed by atoms with Crippen LogP contribution >= 0.6 is 0 Å². The Hall–Kier alpha value is -3.61. The van der Waals surface area contributed by atoms with Crippen LogP contribution in [-0.4, -0.2) is 29.8 Å². The number of halogens is 1. The van der Waals surface area contributed by atoms with Crippen LogP contribution in [0, 0.1) is 11.7 Å². The molecular weight excluding hydrogens is 413 g/mol. The average molecular weight is 439 g/mol. The Bertz CT molecular complexity index is 1070. The fourth-order valence-electron chi connectivity index (χ4n) is 2.99. The van der Waals surface area contributed by atoms with E-state index in [4.69, 9.17) is 19.3 Å². The predicted octanol–water partition coefficient (Wildman–Crippen LogP) is 5.14. The van der Waals surface area contributed by atoms with Gasteiger partial charge in [-0.3, -0.25) is 4.79 Å². The number of carbonyl (C=O) groups is 1. The molecule has 32 heavy (non-hydrogen) atoms. The lowest BCUT2D eigenvalue weighted by Crippen LogP contribution is -2.07.